The van der Waals surface area contributed by atoms with Crippen molar-refractivity contribution in [1.29, 1.82) is 0 Å². The van der Waals surface area contributed by atoms with Gasteiger partial charge in [-0.1, -0.05) is 103 Å². The van der Waals surface area contributed by atoms with Crippen molar-refractivity contribution in [2.75, 3.05) is 4.90 Å². The van der Waals surface area contributed by atoms with Gasteiger partial charge in [-0.3, -0.25) is 9.55 Å². The van der Waals surface area contributed by atoms with Crippen LogP contribution in [-0.4, -0.2) is 14.5 Å². The van der Waals surface area contributed by atoms with Crippen LogP contribution in [0.3, 0.4) is 0 Å². The summed E-state index contributed by atoms with van der Waals surface area (Å²) >= 11 is 0. The Morgan fingerprint density at radius 3 is 2.12 bits per heavy atom. The summed E-state index contributed by atoms with van der Waals surface area (Å²) < 4.78 is 2.37. The van der Waals surface area contributed by atoms with Crippen LogP contribution >= 0.6 is 0 Å². The number of aromatic nitrogens is 3. The minimum absolute atomic E-state index is 0.906. The van der Waals surface area contributed by atoms with E-state index in [1.807, 2.05) is 24.5 Å². The molecule has 10 rings (SSSR count). The molecule has 52 heavy (non-hydrogen) atoms. The van der Waals surface area contributed by atoms with Crippen LogP contribution in [0.1, 0.15) is 16.7 Å². The highest BCUT2D eigenvalue weighted by atomic mass is 15.1. The zero-order valence-electron chi connectivity index (χ0n) is 28.7. The number of hydrogen-bond acceptors (Lipinski definition) is 3. The highest BCUT2D eigenvalue weighted by Crippen LogP contribution is 2.47. The molecule has 6 aromatic carbocycles. The molecule has 0 atom stereocenters. The van der Waals surface area contributed by atoms with Gasteiger partial charge in [-0.15, -0.1) is 0 Å². The quantitative estimate of drug-likeness (QED) is 0.177. The third kappa shape index (κ3) is 4.91. The molecule has 9 aromatic rings. The second-order valence-electron chi connectivity index (χ2n) is 13.5. The third-order valence-electron chi connectivity index (χ3n) is 10.4. The Labute approximate surface area is 302 Å². The summed E-state index contributed by atoms with van der Waals surface area (Å²) in [4.78, 5) is 12.2. The van der Waals surface area contributed by atoms with Crippen molar-refractivity contribution in [2.45, 2.75) is 13.3 Å². The van der Waals surface area contributed by atoms with Gasteiger partial charge >= 0.3 is 0 Å². The molecule has 0 N–H and O–H groups in total. The van der Waals surface area contributed by atoms with Gasteiger partial charge in [0.1, 0.15) is 5.82 Å². The molecule has 0 spiro atoms. The van der Waals surface area contributed by atoms with Gasteiger partial charge in [0.25, 0.3) is 0 Å². The molecule has 1 aliphatic carbocycles. The number of pyridine rings is 2. The van der Waals surface area contributed by atoms with E-state index < -0.39 is 0 Å². The second-order valence-corrected chi connectivity index (χ2v) is 13.5. The first-order valence-electron chi connectivity index (χ1n) is 17.8. The molecule has 3 heterocycles. The lowest BCUT2D eigenvalue weighted by atomic mass is 9.99. The smallest absolute Gasteiger partial charge is 0.137 e. The molecule has 0 radical (unpaired) electrons. The van der Waals surface area contributed by atoms with Gasteiger partial charge in [-0.05, 0) is 107 Å². The Hall–Kier alpha value is -6.78. The van der Waals surface area contributed by atoms with Crippen LogP contribution in [-0.2, 0) is 6.42 Å². The fourth-order valence-electron chi connectivity index (χ4n) is 8.05. The van der Waals surface area contributed by atoms with E-state index >= 15 is 0 Å². The molecule has 246 valence electrons. The molecule has 0 fully saturated rings. The monoisotopic (exact) mass is 666 g/mol. The van der Waals surface area contributed by atoms with E-state index in [0.717, 1.165) is 57.2 Å². The first-order valence-corrected chi connectivity index (χ1v) is 17.8. The van der Waals surface area contributed by atoms with E-state index in [2.05, 4.69) is 173 Å². The summed E-state index contributed by atoms with van der Waals surface area (Å²) in [6, 6.07) is 58.5. The Morgan fingerprint density at radius 1 is 0.538 bits per heavy atom. The largest absolute Gasteiger partial charge is 0.310 e. The maximum absolute atomic E-state index is 5.17. The molecular weight excluding hydrogens is 633 g/mol. The number of para-hydroxylation sites is 1. The molecule has 0 saturated heterocycles. The lowest BCUT2D eigenvalue weighted by Crippen LogP contribution is -2.10. The summed E-state index contributed by atoms with van der Waals surface area (Å²) in [6.07, 6.45) is 4.83. The van der Waals surface area contributed by atoms with Crippen molar-refractivity contribution in [3.8, 4) is 39.3 Å². The van der Waals surface area contributed by atoms with E-state index in [1.165, 1.54) is 44.2 Å². The summed E-state index contributed by atoms with van der Waals surface area (Å²) in [7, 11) is 0. The number of hydrogen-bond donors (Lipinski definition) is 0. The summed E-state index contributed by atoms with van der Waals surface area (Å²) in [5.41, 5.74) is 16.4. The van der Waals surface area contributed by atoms with Crippen molar-refractivity contribution < 1.29 is 0 Å². The number of fused-ring (bicyclic) bond motifs is 7. The normalized spacial score (nSPS) is 11.9. The van der Waals surface area contributed by atoms with E-state index in [1.54, 1.807) is 0 Å². The van der Waals surface area contributed by atoms with Crippen LogP contribution in [0, 0.1) is 6.92 Å². The van der Waals surface area contributed by atoms with Gasteiger partial charge in [-0.2, -0.15) is 0 Å². The lowest BCUT2D eigenvalue weighted by molar-refractivity contribution is 1.07. The number of nitrogens with zero attached hydrogens (tertiary/aromatic N) is 4. The summed E-state index contributed by atoms with van der Waals surface area (Å²) in [6.45, 7) is 2.19. The first-order chi connectivity index (χ1) is 25.7. The first kappa shape index (κ1) is 30.1. The van der Waals surface area contributed by atoms with Crippen LogP contribution < -0.4 is 4.90 Å². The highest BCUT2D eigenvalue weighted by Gasteiger charge is 2.26. The van der Waals surface area contributed by atoms with E-state index in [4.69, 9.17) is 4.98 Å². The SMILES string of the molecule is Cc1cc(-n2c3cc(N(c4ccccc4)c4cccc(-c5ccccn5)c4)ccc3c3c4c(ccc32)Cc2ccccc2-4)ncc1-c1ccccc1. The van der Waals surface area contributed by atoms with Gasteiger partial charge in [-0.25, -0.2) is 4.98 Å². The van der Waals surface area contributed by atoms with Crippen LogP contribution in [0.4, 0.5) is 17.1 Å². The maximum atomic E-state index is 5.17. The molecule has 4 heteroatoms. The minimum atomic E-state index is 0.906. The highest BCUT2D eigenvalue weighted by molar-refractivity contribution is 6.18. The molecule has 0 bridgehead atoms. The van der Waals surface area contributed by atoms with Gasteiger partial charge in [0.05, 0.1) is 16.7 Å². The van der Waals surface area contributed by atoms with Crippen molar-refractivity contribution in [3.63, 3.8) is 0 Å². The van der Waals surface area contributed by atoms with Crippen molar-refractivity contribution >= 4 is 38.9 Å². The molecule has 0 saturated carbocycles. The standard InChI is InChI=1S/C48H34N4/c1-32-27-46(50-31-42(32)33-13-4-2-5-14-33)52-44-25-22-36-28-34-15-8-9-20-40(34)47(36)48(44)41-24-23-39(30-45(41)52)51(37-17-6-3-7-18-37)38-19-12-16-35(29-38)43-21-10-11-26-49-43/h2-27,29-31H,28H2,1H3. The molecule has 1 aliphatic rings. The third-order valence-corrected chi connectivity index (χ3v) is 10.4. The Balaban J connectivity index is 1.23. The Bertz CT molecular complexity index is 2770. The van der Waals surface area contributed by atoms with E-state index in [-0.39, 0.29) is 0 Å². The van der Waals surface area contributed by atoms with Crippen molar-refractivity contribution in [1.82, 2.24) is 14.5 Å². The van der Waals surface area contributed by atoms with Gasteiger partial charge in [0.2, 0.25) is 0 Å². The summed E-state index contributed by atoms with van der Waals surface area (Å²) in [5.74, 6) is 0.906. The topological polar surface area (TPSA) is 34.0 Å². The molecular formula is C48H34N4. The fourth-order valence-corrected chi connectivity index (χ4v) is 8.05. The average molecular weight is 667 g/mol. The van der Waals surface area contributed by atoms with Crippen LogP contribution in [0.15, 0.2) is 176 Å². The van der Waals surface area contributed by atoms with Gasteiger partial charge < -0.3 is 4.90 Å². The molecule has 0 aliphatic heterocycles. The van der Waals surface area contributed by atoms with Gasteiger partial charge in [0.15, 0.2) is 0 Å². The number of benzene rings is 6. The summed E-state index contributed by atoms with van der Waals surface area (Å²) in [5, 5.41) is 2.49. The molecule has 4 nitrogen and oxygen atoms in total. The average Bonchev–Trinajstić information content (AvgIpc) is 3.74. The van der Waals surface area contributed by atoms with Crippen LogP contribution in [0.25, 0.3) is 61.1 Å². The fraction of sp³-hybridized carbons (Fsp3) is 0.0417. The predicted octanol–water partition coefficient (Wildman–Crippen LogP) is 12.3. The Kier molecular flexibility index (Phi) is 7.07. The van der Waals surface area contributed by atoms with E-state index in [9.17, 15) is 0 Å². The van der Waals surface area contributed by atoms with Crippen LogP contribution in [0.5, 0.6) is 0 Å². The van der Waals surface area contributed by atoms with Crippen molar-refractivity contribution in [2.24, 2.45) is 0 Å². The Morgan fingerprint density at radius 2 is 1.29 bits per heavy atom. The molecule has 0 unspecified atom stereocenters. The number of aryl methyl sites for hydroxylation is 1. The zero-order valence-corrected chi connectivity index (χ0v) is 28.7. The predicted molar refractivity (Wildman–Crippen MR) is 215 cm³/mol. The second kappa shape index (κ2) is 12.2. The number of anilines is 3. The zero-order chi connectivity index (χ0) is 34.6. The molecule has 3 aromatic heterocycles. The van der Waals surface area contributed by atoms with E-state index in [0.29, 0.717) is 0 Å². The lowest BCUT2D eigenvalue weighted by Gasteiger charge is -2.26. The number of rotatable bonds is 6. The van der Waals surface area contributed by atoms with Crippen LogP contribution in [0.2, 0.25) is 0 Å². The van der Waals surface area contributed by atoms with Gasteiger partial charge in [0, 0.05) is 51.4 Å². The molecule has 0 amide bonds. The maximum Gasteiger partial charge on any atom is 0.137 e. The van der Waals surface area contributed by atoms with Crippen molar-refractivity contribution in [3.05, 3.63) is 193 Å². The minimum Gasteiger partial charge on any atom is -0.310 e.